The maximum atomic E-state index is 2.34. The van der Waals surface area contributed by atoms with Gasteiger partial charge in [-0.05, 0) is 35.8 Å². The molecule has 89 valence electrons. The van der Waals surface area contributed by atoms with Crippen molar-refractivity contribution in [3.63, 3.8) is 0 Å². The van der Waals surface area contributed by atoms with Crippen molar-refractivity contribution in [2.75, 3.05) is 0 Å². The maximum absolute atomic E-state index is 2.34. The molecule has 0 aromatic heterocycles. The second-order valence-electron chi connectivity index (χ2n) is 5.83. The number of benzene rings is 1. The minimum atomic E-state index is 0.382. The number of rotatable bonds is 5. The van der Waals surface area contributed by atoms with Gasteiger partial charge in [0.15, 0.2) is 0 Å². The van der Waals surface area contributed by atoms with Crippen LogP contribution in [0.3, 0.4) is 0 Å². The van der Waals surface area contributed by atoms with Gasteiger partial charge in [-0.3, -0.25) is 0 Å². The van der Waals surface area contributed by atoms with E-state index in [-0.39, 0.29) is 0 Å². The molecule has 1 radical (unpaired) electrons. The number of hydrogen-bond donors (Lipinski definition) is 0. The minimum absolute atomic E-state index is 0.382. The van der Waals surface area contributed by atoms with E-state index < -0.39 is 0 Å². The molecule has 0 saturated heterocycles. The molecule has 0 heterocycles. The highest BCUT2D eigenvalue weighted by Gasteiger charge is 2.10. The van der Waals surface area contributed by atoms with E-state index in [4.69, 9.17) is 0 Å². The Kier molecular flexibility index (Phi) is 5.05. The van der Waals surface area contributed by atoms with Crippen molar-refractivity contribution in [2.24, 2.45) is 5.41 Å². The molecular formula is C16H25. The van der Waals surface area contributed by atoms with Gasteiger partial charge in [-0.2, -0.15) is 0 Å². The minimum Gasteiger partial charge on any atom is -0.0654 e. The van der Waals surface area contributed by atoms with E-state index in [0.29, 0.717) is 5.41 Å². The normalized spacial score (nSPS) is 11.8. The van der Waals surface area contributed by atoms with Gasteiger partial charge in [0.1, 0.15) is 0 Å². The fourth-order valence-corrected chi connectivity index (χ4v) is 1.86. The average molecular weight is 217 g/mol. The van der Waals surface area contributed by atoms with Crippen LogP contribution in [-0.4, -0.2) is 0 Å². The Morgan fingerprint density at radius 2 is 1.69 bits per heavy atom. The first-order chi connectivity index (χ1) is 7.51. The highest BCUT2D eigenvalue weighted by atomic mass is 14.2. The van der Waals surface area contributed by atoms with Crippen LogP contribution >= 0.6 is 0 Å². The zero-order chi connectivity index (χ0) is 12.0. The summed E-state index contributed by atoms with van der Waals surface area (Å²) in [5.41, 5.74) is 3.19. The molecule has 0 aliphatic rings. The smallest absolute Gasteiger partial charge is 0.00931 e. The van der Waals surface area contributed by atoms with Crippen molar-refractivity contribution in [1.29, 1.82) is 0 Å². The highest BCUT2D eigenvalue weighted by molar-refractivity contribution is 5.28. The molecule has 0 aliphatic heterocycles. The molecule has 1 aromatic rings. The third-order valence-corrected chi connectivity index (χ3v) is 2.65. The lowest BCUT2D eigenvalue weighted by Gasteiger charge is -2.18. The highest BCUT2D eigenvalue weighted by Crippen LogP contribution is 2.21. The predicted octanol–water partition coefficient (Wildman–Crippen LogP) is 5.02. The molecule has 0 amide bonds. The van der Waals surface area contributed by atoms with Crippen molar-refractivity contribution in [1.82, 2.24) is 0 Å². The third kappa shape index (κ3) is 5.34. The Hall–Kier alpha value is -0.780. The summed E-state index contributed by atoms with van der Waals surface area (Å²) in [6.45, 7) is 9.09. The van der Waals surface area contributed by atoms with E-state index in [1.807, 2.05) is 0 Å². The molecule has 0 unspecified atom stereocenters. The SMILES string of the molecule is CCCC[CH]c1ccc(CC(C)(C)C)cc1. The fraction of sp³-hybridized carbons (Fsp3) is 0.562. The van der Waals surface area contributed by atoms with Crippen LogP contribution < -0.4 is 0 Å². The molecule has 1 aromatic carbocycles. The molecule has 0 saturated carbocycles. The van der Waals surface area contributed by atoms with Gasteiger partial charge in [-0.25, -0.2) is 0 Å². The van der Waals surface area contributed by atoms with Crippen molar-refractivity contribution in [3.8, 4) is 0 Å². The topological polar surface area (TPSA) is 0 Å². The summed E-state index contributed by atoms with van der Waals surface area (Å²) in [5.74, 6) is 0. The van der Waals surface area contributed by atoms with Crippen LogP contribution in [0.2, 0.25) is 0 Å². The molecule has 0 nitrogen and oxygen atoms in total. The summed E-state index contributed by atoms with van der Waals surface area (Å²) in [6.07, 6.45) is 7.27. The van der Waals surface area contributed by atoms with Gasteiger partial charge in [0.2, 0.25) is 0 Å². The van der Waals surface area contributed by atoms with Gasteiger partial charge >= 0.3 is 0 Å². The summed E-state index contributed by atoms with van der Waals surface area (Å²) >= 11 is 0. The summed E-state index contributed by atoms with van der Waals surface area (Å²) in [4.78, 5) is 0. The molecule has 0 aliphatic carbocycles. The third-order valence-electron chi connectivity index (χ3n) is 2.65. The molecule has 0 fully saturated rings. The van der Waals surface area contributed by atoms with Crippen molar-refractivity contribution >= 4 is 0 Å². The lowest BCUT2D eigenvalue weighted by molar-refractivity contribution is 0.411. The molecule has 0 N–H and O–H groups in total. The van der Waals surface area contributed by atoms with Crippen LogP contribution in [0.5, 0.6) is 0 Å². The number of unbranched alkanes of at least 4 members (excludes halogenated alkanes) is 2. The first kappa shape index (κ1) is 13.3. The zero-order valence-electron chi connectivity index (χ0n) is 11.2. The van der Waals surface area contributed by atoms with Crippen LogP contribution in [-0.2, 0) is 6.42 Å². The van der Waals surface area contributed by atoms with Crippen molar-refractivity contribution in [2.45, 2.75) is 53.4 Å². The first-order valence-corrected chi connectivity index (χ1v) is 6.43. The van der Waals surface area contributed by atoms with Crippen LogP contribution in [0, 0.1) is 11.8 Å². The maximum Gasteiger partial charge on any atom is -0.00931 e. The van der Waals surface area contributed by atoms with Gasteiger partial charge in [0.05, 0.1) is 0 Å². The van der Waals surface area contributed by atoms with E-state index >= 15 is 0 Å². The summed E-state index contributed by atoms with van der Waals surface area (Å²) in [6, 6.07) is 9.03. The second-order valence-corrected chi connectivity index (χ2v) is 5.83. The molecule has 1 rings (SSSR count). The van der Waals surface area contributed by atoms with Gasteiger partial charge in [-0.1, -0.05) is 64.8 Å². The molecule has 0 spiro atoms. The second kappa shape index (κ2) is 6.08. The van der Waals surface area contributed by atoms with E-state index in [9.17, 15) is 0 Å². The van der Waals surface area contributed by atoms with E-state index in [0.717, 1.165) is 6.42 Å². The Labute approximate surface area is 101 Å². The molecule has 0 atom stereocenters. The van der Waals surface area contributed by atoms with Gasteiger partial charge in [-0.15, -0.1) is 0 Å². The van der Waals surface area contributed by atoms with E-state index in [2.05, 4.69) is 58.4 Å². The van der Waals surface area contributed by atoms with E-state index in [1.54, 1.807) is 0 Å². The standard InChI is InChI=1S/C16H25/c1-5-6-7-8-14-9-11-15(12-10-14)13-16(2,3)4/h8-12H,5-7,13H2,1-4H3. The average Bonchev–Trinajstić information content (AvgIpc) is 2.19. The lowest BCUT2D eigenvalue weighted by atomic mass is 9.88. The number of hydrogen-bond acceptors (Lipinski definition) is 0. The largest absolute Gasteiger partial charge is 0.0654 e. The Balaban J connectivity index is 2.48. The van der Waals surface area contributed by atoms with E-state index in [1.165, 1.54) is 30.4 Å². The fourth-order valence-electron chi connectivity index (χ4n) is 1.86. The van der Waals surface area contributed by atoms with Crippen LogP contribution in [0.4, 0.5) is 0 Å². The van der Waals surface area contributed by atoms with Crippen LogP contribution in [0.25, 0.3) is 0 Å². The van der Waals surface area contributed by atoms with Gasteiger partial charge in [0.25, 0.3) is 0 Å². The molecule has 16 heavy (non-hydrogen) atoms. The lowest BCUT2D eigenvalue weighted by Crippen LogP contribution is -2.08. The van der Waals surface area contributed by atoms with Gasteiger partial charge in [0, 0.05) is 0 Å². The van der Waals surface area contributed by atoms with Crippen LogP contribution in [0.15, 0.2) is 24.3 Å². The van der Waals surface area contributed by atoms with Crippen LogP contribution in [0.1, 0.15) is 58.1 Å². The summed E-state index contributed by atoms with van der Waals surface area (Å²) in [7, 11) is 0. The molecule has 0 bridgehead atoms. The van der Waals surface area contributed by atoms with Crippen molar-refractivity contribution in [3.05, 3.63) is 41.8 Å². The predicted molar refractivity (Wildman–Crippen MR) is 72.5 cm³/mol. The first-order valence-electron chi connectivity index (χ1n) is 6.43. The quantitative estimate of drug-likeness (QED) is 0.608. The Bertz CT molecular complexity index is 287. The monoisotopic (exact) mass is 217 g/mol. The zero-order valence-corrected chi connectivity index (χ0v) is 11.2. The van der Waals surface area contributed by atoms with Crippen molar-refractivity contribution < 1.29 is 0 Å². The summed E-state index contributed by atoms with van der Waals surface area (Å²) < 4.78 is 0. The Morgan fingerprint density at radius 3 is 2.19 bits per heavy atom. The van der Waals surface area contributed by atoms with Gasteiger partial charge < -0.3 is 0 Å². The Morgan fingerprint density at radius 1 is 1.06 bits per heavy atom. The molecule has 0 heteroatoms. The summed E-state index contributed by atoms with van der Waals surface area (Å²) in [5, 5.41) is 0. The molecular weight excluding hydrogens is 192 g/mol.